The molecule has 14 nitrogen and oxygen atoms in total. The van der Waals surface area contributed by atoms with Gasteiger partial charge in [-0.3, -0.25) is 0 Å². The molecule has 14 heteroatoms. The van der Waals surface area contributed by atoms with Crippen molar-refractivity contribution in [2.24, 2.45) is 0 Å². The lowest BCUT2D eigenvalue weighted by molar-refractivity contribution is -0.0175. The van der Waals surface area contributed by atoms with Crippen molar-refractivity contribution in [1.82, 2.24) is 58.7 Å². The van der Waals surface area contributed by atoms with E-state index in [0.29, 0.717) is 13.2 Å². The molecule has 0 saturated heterocycles. The highest BCUT2D eigenvalue weighted by atomic mass is 16.5. The second kappa shape index (κ2) is 12.6. The minimum Gasteiger partial charge on any atom is -0.370 e. The molecular weight excluding hydrogens is 608 g/mol. The average Bonchev–Trinajstić information content (AvgIpc) is 3.98. The fraction of sp³-hybridized carbons (Fsp3) is 0.176. The molecule has 8 rings (SSSR count). The zero-order valence-corrected chi connectivity index (χ0v) is 25.9. The van der Waals surface area contributed by atoms with Gasteiger partial charge in [-0.2, -0.15) is 30.6 Å². The van der Waals surface area contributed by atoms with Crippen LogP contribution in [0, 0.1) is 0 Å². The summed E-state index contributed by atoms with van der Waals surface area (Å²) in [5.74, 6) is -1.90. The quantitative estimate of drug-likeness (QED) is 0.176. The van der Waals surface area contributed by atoms with Gasteiger partial charge in [-0.25, -0.2) is 28.1 Å². The molecule has 0 radical (unpaired) electrons. The number of ether oxygens (including phenoxy) is 2. The van der Waals surface area contributed by atoms with E-state index in [1.807, 2.05) is 73.6 Å². The maximum Gasteiger partial charge on any atom is 0.273 e. The van der Waals surface area contributed by atoms with Gasteiger partial charge in [0, 0.05) is 74.4 Å². The van der Waals surface area contributed by atoms with E-state index in [1.165, 1.54) is 0 Å². The number of aromatic nitrogens is 12. The lowest BCUT2D eigenvalue weighted by Crippen LogP contribution is -2.52. The molecule has 0 atom stereocenters. The van der Waals surface area contributed by atoms with Crippen LogP contribution in [0.25, 0.3) is 10.8 Å². The highest BCUT2D eigenvalue weighted by molar-refractivity contribution is 5.83. The van der Waals surface area contributed by atoms with Crippen LogP contribution in [0.3, 0.4) is 0 Å². The van der Waals surface area contributed by atoms with Crippen LogP contribution >= 0.6 is 0 Å². The van der Waals surface area contributed by atoms with Crippen molar-refractivity contribution in [2.45, 2.75) is 24.8 Å². The number of fused-ring (bicyclic) bond motifs is 1. The van der Waals surface area contributed by atoms with Crippen molar-refractivity contribution in [3.05, 3.63) is 158 Å². The van der Waals surface area contributed by atoms with Crippen LogP contribution in [0.1, 0.15) is 11.1 Å². The summed E-state index contributed by atoms with van der Waals surface area (Å²) >= 11 is 0. The Morgan fingerprint density at radius 1 is 0.417 bits per heavy atom. The molecule has 0 N–H and O–H groups in total. The number of nitrogens with zero attached hydrogens (tertiary/aromatic N) is 12. The largest absolute Gasteiger partial charge is 0.370 e. The van der Waals surface area contributed by atoms with Crippen LogP contribution in [0.15, 0.2) is 147 Å². The first-order valence-electron chi connectivity index (χ1n) is 15.4. The number of hydrogen-bond acceptors (Lipinski definition) is 8. The van der Waals surface area contributed by atoms with E-state index < -0.39 is 11.6 Å². The van der Waals surface area contributed by atoms with Gasteiger partial charge in [0.05, 0.1) is 13.2 Å². The molecule has 0 aliphatic heterocycles. The molecule has 240 valence electrons. The van der Waals surface area contributed by atoms with E-state index in [9.17, 15) is 0 Å². The summed E-state index contributed by atoms with van der Waals surface area (Å²) in [5, 5.41) is 29.5. The zero-order valence-electron chi connectivity index (χ0n) is 25.9. The van der Waals surface area contributed by atoms with Crippen LogP contribution < -0.4 is 0 Å². The van der Waals surface area contributed by atoms with Gasteiger partial charge < -0.3 is 9.47 Å². The van der Waals surface area contributed by atoms with Crippen LogP contribution in [0.4, 0.5) is 0 Å². The van der Waals surface area contributed by atoms with Crippen LogP contribution in [-0.2, 0) is 34.3 Å². The fourth-order valence-electron chi connectivity index (χ4n) is 6.05. The van der Waals surface area contributed by atoms with Gasteiger partial charge in [0.25, 0.3) is 11.6 Å². The van der Waals surface area contributed by atoms with Crippen LogP contribution in [0.2, 0.25) is 0 Å². The van der Waals surface area contributed by atoms with Crippen molar-refractivity contribution in [3.63, 3.8) is 0 Å². The van der Waals surface area contributed by atoms with Crippen LogP contribution in [-0.4, -0.2) is 71.9 Å². The van der Waals surface area contributed by atoms with Crippen molar-refractivity contribution in [2.75, 3.05) is 13.2 Å². The molecule has 0 aliphatic rings. The highest BCUT2D eigenvalue weighted by Gasteiger charge is 2.40. The molecule has 2 aromatic carbocycles. The molecule has 0 fully saturated rings. The first-order valence-corrected chi connectivity index (χ1v) is 15.4. The van der Waals surface area contributed by atoms with E-state index in [2.05, 4.69) is 67.0 Å². The fourth-order valence-corrected chi connectivity index (χ4v) is 6.05. The Balaban J connectivity index is 0.980. The van der Waals surface area contributed by atoms with Crippen molar-refractivity contribution in [3.8, 4) is 0 Å². The third-order valence-electron chi connectivity index (χ3n) is 8.33. The average molecular weight is 641 g/mol. The molecule has 0 aliphatic carbocycles. The van der Waals surface area contributed by atoms with Gasteiger partial charge in [-0.1, -0.05) is 24.3 Å². The Hall–Kier alpha value is -6.12. The van der Waals surface area contributed by atoms with Crippen molar-refractivity contribution >= 4 is 10.8 Å². The molecule has 0 bridgehead atoms. The smallest absolute Gasteiger partial charge is 0.273 e. The standard InChI is InChI=1S/C34H32N12O2/c1-11-35-41(17-1)33(42-18-2-12-36-42,43-19-3-13-37-43)27-47-25-29-7-9-32-24-30(8-10-31(32)23-29)26-48-28-34(44-20-4-14-38-44,45-21-5-15-39-45)46-22-6-16-40-46/h1-24H,25-28H2. The van der Waals surface area contributed by atoms with Gasteiger partial charge in [-0.15, -0.1) is 0 Å². The number of hydrogen-bond donors (Lipinski definition) is 0. The third kappa shape index (κ3) is 5.18. The molecule has 8 aromatic rings. The predicted octanol–water partition coefficient (Wildman–Crippen LogP) is 3.87. The van der Waals surface area contributed by atoms with E-state index in [4.69, 9.17) is 9.47 Å². The Labute approximate surface area is 275 Å². The van der Waals surface area contributed by atoms with Gasteiger partial charge in [0.15, 0.2) is 0 Å². The molecule has 0 unspecified atom stereocenters. The summed E-state index contributed by atoms with van der Waals surface area (Å²) < 4.78 is 23.6. The normalized spacial score (nSPS) is 12.2. The van der Waals surface area contributed by atoms with Gasteiger partial charge >= 0.3 is 0 Å². The van der Waals surface area contributed by atoms with E-state index in [1.54, 1.807) is 65.3 Å². The van der Waals surface area contributed by atoms with Crippen molar-refractivity contribution < 1.29 is 9.47 Å². The minimum absolute atomic E-state index is 0.240. The van der Waals surface area contributed by atoms with Gasteiger partial charge in [0.1, 0.15) is 13.2 Å². The van der Waals surface area contributed by atoms with E-state index >= 15 is 0 Å². The molecule has 6 aromatic heterocycles. The number of benzene rings is 2. The third-order valence-corrected chi connectivity index (χ3v) is 8.33. The van der Waals surface area contributed by atoms with E-state index in [-0.39, 0.29) is 13.2 Å². The summed E-state index contributed by atoms with van der Waals surface area (Å²) in [6.45, 7) is 1.26. The molecular formula is C34H32N12O2. The zero-order chi connectivity index (χ0) is 32.2. The van der Waals surface area contributed by atoms with Crippen molar-refractivity contribution in [1.29, 1.82) is 0 Å². The van der Waals surface area contributed by atoms with Crippen LogP contribution in [0.5, 0.6) is 0 Å². The van der Waals surface area contributed by atoms with Gasteiger partial charge in [0.2, 0.25) is 0 Å². The lowest BCUT2D eigenvalue weighted by Gasteiger charge is -2.34. The molecule has 48 heavy (non-hydrogen) atoms. The van der Waals surface area contributed by atoms with E-state index in [0.717, 1.165) is 21.9 Å². The molecule has 0 saturated carbocycles. The minimum atomic E-state index is -0.952. The Morgan fingerprint density at radius 3 is 0.958 bits per heavy atom. The summed E-state index contributed by atoms with van der Waals surface area (Å²) in [5.41, 5.74) is 2.09. The summed E-state index contributed by atoms with van der Waals surface area (Å²) in [6.07, 6.45) is 21.7. The highest BCUT2D eigenvalue weighted by Crippen LogP contribution is 2.25. The predicted molar refractivity (Wildman–Crippen MR) is 174 cm³/mol. The summed E-state index contributed by atoms with van der Waals surface area (Å²) in [6, 6.07) is 23.9. The Morgan fingerprint density at radius 2 is 0.708 bits per heavy atom. The monoisotopic (exact) mass is 640 g/mol. The SMILES string of the molecule is c1cnn(C(COCc2ccc3cc(COCC(n4cccn4)(n4cccn4)n4cccn4)ccc3c2)(n2cccn2)n2cccn2)c1. The maximum absolute atomic E-state index is 6.38. The number of rotatable bonds is 14. The topological polar surface area (TPSA) is 125 Å². The Kier molecular flexibility index (Phi) is 7.68. The second-order valence-electron chi connectivity index (χ2n) is 11.3. The Bertz CT molecular complexity index is 1810. The second-order valence-corrected chi connectivity index (χ2v) is 11.3. The molecule has 6 heterocycles. The first kappa shape index (κ1) is 29.3. The first-order chi connectivity index (χ1) is 23.8. The maximum atomic E-state index is 6.38. The van der Waals surface area contributed by atoms with Gasteiger partial charge in [-0.05, 0) is 70.4 Å². The summed E-state index contributed by atoms with van der Waals surface area (Å²) in [7, 11) is 0. The molecule has 0 spiro atoms. The summed E-state index contributed by atoms with van der Waals surface area (Å²) in [4.78, 5) is 0. The lowest BCUT2D eigenvalue weighted by atomic mass is 10.0. The molecule has 0 amide bonds.